The Balaban J connectivity index is 2.11. The molecular formula is C15H22N4O7S2. The molecule has 11 nitrogen and oxygen atoms in total. The highest BCUT2D eigenvalue weighted by Crippen LogP contribution is 2.25. The fourth-order valence-corrected chi connectivity index (χ4v) is 4.72. The van der Waals surface area contributed by atoms with E-state index in [0.29, 0.717) is 5.56 Å². The van der Waals surface area contributed by atoms with E-state index in [-0.39, 0.29) is 43.3 Å². The number of nitro groups is 1. The van der Waals surface area contributed by atoms with Gasteiger partial charge in [0.15, 0.2) is 0 Å². The van der Waals surface area contributed by atoms with Gasteiger partial charge < -0.3 is 4.90 Å². The van der Waals surface area contributed by atoms with Gasteiger partial charge in [-0.25, -0.2) is 16.8 Å². The van der Waals surface area contributed by atoms with Gasteiger partial charge in [-0.2, -0.15) is 8.61 Å². The van der Waals surface area contributed by atoms with Gasteiger partial charge in [-0.1, -0.05) is 6.07 Å². The Kier molecular flexibility index (Phi) is 6.43. The molecule has 0 unspecified atom stereocenters. The van der Waals surface area contributed by atoms with E-state index >= 15 is 0 Å². The number of likely N-dealkylation sites (N-methyl/N-ethyl adjacent to an activating group) is 1. The molecule has 28 heavy (non-hydrogen) atoms. The molecule has 13 heteroatoms. The SMILES string of the molecule is Cc1ccc([N+](=O)[O-])cc1S(=O)(=O)N1CCN(C(=O)CN(C)S(C)(=O)=O)CC1. The number of amides is 1. The Morgan fingerprint density at radius 1 is 1.18 bits per heavy atom. The third-order valence-corrected chi connectivity index (χ3v) is 7.82. The normalized spacial score (nSPS) is 16.4. The number of sulfonamides is 2. The van der Waals surface area contributed by atoms with Crippen molar-refractivity contribution >= 4 is 31.6 Å². The zero-order valence-electron chi connectivity index (χ0n) is 15.7. The van der Waals surface area contributed by atoms with E-state index in [1.807, 2.05) is 0 Å². The first-order valence-corrected chi connectivity index (χ1v) is 11.6. The largest absolute Gasteiger partial charge is 0.339 e. The second-order valence-corrected chi connectivity index (χ2v) is 10.5. The van der Waals surface area contributed by atoms with Crippen molar-refractivity contribution in [3.05, 3.63) is 33.9 Å². The van der Waals surface area contributed by atoms with E-state index in [9.17, 15) is 31.7 Å². The van der Waals surface area contributed by atoms with E-state index in [1.165, 1.54) is 28.4 Å². The number of carbonyl (C=O) groups excluding carboxylic acids is 1. The Bertz CT molecular complexity index is 984. The highest BCUT2D eigenvalue weighted by Gasteiger charge is 2.32. The van der Waals surface area contributed by atoms with Gasteiger partial charge in [0.1, 0.15) is 0 Å². The molecule has 1 saturated heterocycles. The first-order valence-electron chi connectivity index (χ1n) is 8.28. The molecule has 1 aliphatic rings. The lowest BCUT2D eigenvalue weighted by Crippen LogP contribution is -2.52. The number of rotatable bonds is 6. The van der Waals surface area contributed by atoms with Crippen LogP contribution in [0.3, 0.4) is 0 Å². The lowest BCUT2D eigenvalue weighted by molar-refractivity contribution is -0.385. The topological polar surface area (TPSA) is 138 Å². The molecule has 0 aliphatic carbocycles. The highest BCUT2D eigenvalue weighted by molar-refractivity contribution is 7.89. The van der Waals surface area contributed by atoms with Crippen LogP contribution in [0.25, 0.3) is 0 Å². The molecule has 0 spiro atoms. The maximum absolute atomic E-state index is 12.9. The molecule has 1 heterocycles. The minimum Gasteiger partial charge on any atom is -0.339 e. The molecular weight excluding hydrogens is 412 g/mol. The van der Waals surface area contributed by atoms with Gasteiger partial charge >= 0.3 is 0 Å². The van der Waals surface area contributed by atoms with Gasteiger partial charge in [0.2, 0.25) is 26.0 Å². The van der Waals surface area contributed by atoms with Crippen LogP contribution >= 0.6 is 0 Å². The van der Waals surface area contributed by atoms with Crippen LogP contribution in [-0.2, 0) is 24.8 Å². The van der Waals surface area contributed by atoms with Crippen LogP contribution in [0, 0.1) is 17.0 Å². The fourth-order valence-electron chi connectivity index (χ4n) is 2.70. The zero-order chi connectivity index (χ0) is 21.3. The summed E-state index contributed by atoms with van der Waals surface area (Å²) in [4.78, 5) is 23.8. The standard InChI is InChI=1S/C15H22N4O7S2/c1-12-4-5-13(19(21)22)10-14(12)28(25,26)18-8-6-17(7-9-18)15(20)11-16(2)27(3,23)24/h4-5,10H,6-9,11H2,1-3H3. The van der Waals surface area contributed by atoms with Crippen molar-refractivity contribution in [3.63, 3.8) is 0 Å². The molecule has 0 N–H and O–H groups in total. The number of non-ortho nitro benzene ring substituents is 1. The van der Waals surface area contributed by atoms with Crippen molar-refractivity contribution in [1.82, 2.24) is 13.5 Å². The van der Waals surface area contributed by atoms with Crippen molar-refractivity contribution in [2.75, 3.05) is 46.0 Å². The summed E-state index contributed by atoms with van der Waals surface area (Å²) < 4.78 is 50.7. The second-order valence-electron chi connectivity index (χ2n) is 6.51. The number of carbonyl (C=O) groups is 1. The summed E-state index contributed by atoms with van der Waals surface area (Å²) in [6.45, 7) is 1.46. The zero-order valence-corrected chi connectivity index (χ0v) is 17.4. The first kappa shape index (κ1) is 22.2. The summed E-state index contributed by atoms with van der Waals surface area (Å²) in [5.74, 6) is -0.420. The van der Waals surface area contributed by atoms with Crippen LogP contribution in [0.5, 0.6) is 0 Å². The lowest BCUT2D eigenvalue weighted by atomic mass is 10.2. The molecule has 1 aliphatic heterocycles. The summed E-state index contributed by atoms with van der Waals surface area (Å²) in [6.07, 6.45) is 0.992. The van der Waals surface area contributed by atoms with E-state index in [4.69, 9.17) is 0 Å². The van der Waals surface area contributed by atoms with Crippen LogP contribution in [-0.4, -0.2) is 87.2 Å². The summed E-state index contributed by atoms with van der Waals surface area (Å²) >= 11 is 0. The number of benzene rings is 1. The van der Waals surface area contributed by atoms with Crippen molar-refractivity contribution in [3.8, 4) is 0 Å². The average molecular weight is 434 g/mol. The first-order chi connectivity index (χ1) is 12.8. The number of nitro benzene ring substituents is 1. The van der Waals surface area contributed by atoms with Gasteiger partial charge in [0.05, 0.1) is 22.6 Å². The van der Waals surface area contributed by atoms with Crippen LogP contribution in [0.2, 0.25) is 0 Å². The Morgan fingerprint density at radius 3 is 2.25 bits per heavy atom. The molecule has 156 valence electrons. The number of nitrogens with zero attached hydrogens (tertiary/aromatic N) is 4. The fraction of sp³-hybridized carbons (Fsp3) is 0.533. The van der Waals surface area contributed by atoms with Crippen LogP contribution in [0.4, 0.5) is 5.69 Å². The van der Waals surface area contributed by atoms with Crippen LogP contribution in [0.15, 0.2) is 23.1 Å². The van der Waals surface area contributed by atoms with E-state index in [0.717, 1.165) is 16.6 Å². The minimum absolute atomic E-state index is 0.0127. The molecule has 1 aromatic carbocycles. The molecule has 1 amide bonds. The molecule has 0 aromatic heterocycles. The third-order valence-electron chi connectivity index (χ3n) is 4.52. The summed E-state index contributed by atoms with van der Waals surface area (Å²) in [5.41, 5.74) is 0.0701. The summed E-state index contributed by atoms with van der Waals surface area (Å²) in [6, 6.07) is 3.65. The molecule has 1 fully saturated rings. The summed E-state index contributed by atoms with van der Waals surface area (Å²) in [5, 5.41) is 11.0. The molecule has 0 saturated carbocycles. The predicted octanol–water partition coefficient (Wildman–Crippen LogP) is -0.372. The Morgan fingerprint density at radius 2 is 1.75 bits per heavy atom. The predicted molar refractivity (Wildman–Crippen MR) is 101 cm³/mol. The Labute approximate surface area is 163 Å². The average Bonchev–Trinajstić information content (AvgIpc) is 2.60. The van der Waals surface area contributed by atoms with E-state index in [2.05, 4.69) is 0 Å². The van der Waals surface area contributed by atoms with Gasteiger partial charge in [0, 0.05) is 45.4 Å². The second kappa shape index (κ2) is 8.11. The summed E-state index contributed by atoms with van der Waals surface area (Å²) in [7, 11) is -6.17. The van der Waals surface area contributed by atoms with Crippen LogP contribution in [0.1, 0.15) is 5.56 Å². The third kappa shape index (κ3) is 4.84. The number of aryl methyl sites for hydroxylation is 1. The smallest absolute Gasteiger partial charge is 0.270 e. The van der Waals surface area contributed by atoms with Crippen LogP contribution < -0.4 is 0 Å². The van der Waals surface area contributed by atoms with Crippen molar-refractivity contribution in [2.24, 2.45) is 0 Å². The number of piperazine rings is 1. The monoisotopic (exact) mass is 434 g/mol. The molecule has 0 bridgehead atoms. The minimum atomic E-state index is -3.96. The lowest BCUT2D eigenvalue weighted by Gasteiger charge is -2.34. The number of hydrogen-bond acceptors (Lipinski definition) is 7. The van der Waals surface area contributed by atoms with Gasteiger partial charge in [0.25, 0.3) is 5.69 Å². The molecule has 0 atom stereocenters. The van der Waals surface area contributed by atoms with Crippen molar-refractivity contribution < 1.29 is 26.6 Å². The van der Waals surface area contributed by atoms with E-state index < -0.39 is 30.9 Å². The van der Waals surface area contributed by atoms with Gasteiger partial charge in [-0.05, 0) is 12.5 Å². The molecule has 2 rings (SSSR count). The van der Waals surface area contributed by atoms with Crippen molar-refractivity contribution in [1.29, 1.82) is 0 Å². The number of hydrogen-bond donors (Lipinski definition) is 0. The van der Waals surface area contributed by atoms with Gasteiger partial charge in [-0.3, -0.25) is 14.9 Å². The quantitative estimate of drug-likeness (QED) is 0.440. The Hall–Kier alpha value is -2.09. The van der Waals surface area contributed by atoms with E-state index in [1.54, 1.807) is 6.92 Å². The maximum Gasteiger partial charge on any atom is 0.270 e. The molecule has 0 radical (unpaired) electrons. The highest BCUT2D eigenvalue weighted by atomic mass is 32.2. The molecule has 1 aromatic rings. The maximum atomic E-state index is 12.9. The van der Waals surface area contributed by atoms with Crippen molar-refractivity contribution in [2.45, 2.75) is 11.8 Å². The van der Waals surface area contributed by atoms with Gasteiger partial charge in [-0.15, -0.1) is 0 Å².